The number of hydrogen-bond donors (Lipinski definition) is 0. The third-order valence-electron chi connectivity index (χ3n) is 2.38. The molecule has 0 saturated carbocycles. The van der Waals surface area contributed by atoms with Crippen LogP contribution in [0.15, 0.2) is 6.07 Å². The van der Waals surface area contributed by atoms with Gasteiger partial charge in [0.05, 0.1) is 0 Å². The van der Waals surface area contributed by atoms with Crippen molar-refractivity contribution in [3.63, 3.8) is 0 Å². The summed E-state index contributed by atoms with van der Waals surface area (Å²) in [5, 5.41) is 0. The summed E-state index contributed by atoms with van der Waals surface area (Å²) in [7, 11) is 0. The Morgan fingerprint density at radius 2 is 2.00 bits per heavy atom. The number of nitrogens with zero attached hydrogens (tertiary/aromatic N) is 3. The zero-order valence-electron chi connectivity index (χ0n) is 8.50. The minimum Gasteiger partial charge on any atom is -0.340 e. The molecule has 3 nitrogen and oxygen atoms in total. The Morgan fingerprint density at radius 3 is 2.50 bits per heavy atom. The molecule has 0 amide bonds. The Bertz CT molecular complexity index is 320. The van der Waals surface area contributed by atoms with Gasteiger partial charge in [0.15, 0.2) is 0 Å². The van der Waals surface area contributed by atoms with Crippen LogP contribution in [-0.4, -0.2) is 27.9 Å². The first-order valence-corrected chi connectivity index (χ1v) is 5.78. The molecule has 1 fully saturated rings. The van der Waals surface area contributed by atoms with Crippen molar-refractivity contribution in [2.75, 3.05) is 18.0 Å². The van der Waals surface area contributed by atoms with Gasteiger partial charge in [-0.15, -0.1) is 0 Å². The van der Waals surface area contributed by atoms with Gasteiger partial charge in [-0.2, -0.15) is 0 Å². The number of halogens is 1. The van der Waals surface area contributed by atoms with Crippen LogP contribution in [-0.2, 0) is 0 Å². The highest BCUT2D eigenvalue weighted by molar-refractivity contribution is 9.09. The van der Waals surface area contributed by atoms with E-state index in [4.69, 9.17) is 0 Å². The van der Waals surface area contributed by atoms with Gasteiger partial charge in [-0.3, -0.25) is 0 Å². The molecule has 1 aliphatic heterocycles. The molecule has 1 saturated heterocycles. The third kappa shape index (κ3) is 2.05. The van der Waals surface area contributed by atoms with E-state index in [1.807, 2.05) is 19.9 Å². The first-order valence-electron chi connectivity index (χ1n) is 4.86. The molecule has 4 heteroatoms. The number of anilines is 1. The molecule has 1 unspecified atom stereocenters. The standard InChI is InChI=1S/C10H14BrN3/c1-7-5-8(2)13-10(12-7)14-4-3-9(11)6-14/h5,9H,3-4,6H2,1-2H3. The maximum absolute atomic E-state index is 4.44. The Labute approximate surface area is 92.7 Å². The lowest BCUT2D eigenvalue weighted by molar-refractivity contribution is 0.880. The molecule has 76 valence electrons. The van der Waals surface area contributed by atoms with Crippen molar-refractivity contribution in [3.8, 4) is 0 Å². The van der Waals surface area contributed by atoms with E-state index in [1.54, 1.807) is 0 Å². The quantitative estimate of drug-likeness (QED) is 0.720. The van der Waals surface area contributed by atoms with Gasteiger partial charge in [0, 0.05) is 29.3 Å². The molecule has 1 atom stereocenters. The molecule has 2 heterocycles. The number of aromatic nitrogens is 2. The van der Waals surface area contributed by atoms with Crippen molar-refractivity contribution in [2.45, 2.75) is 25.1 Å². The average molecular weight is 256 g/mol. The van der Waals surface area contributed by atoms with E-state index in [0.717, 1.165) is 30.4 Å². The highest BCUT2D eigenvalue weighted by Gasteiger charge is 2.22. The van der Waals surface area contributed by atoms with Crippen LogP contribution in [0.5, 0.6) is 0 Å². The Hall–Kier alpha value is -0.640. The Balaban J connectivity index is 2.23. The van der Waals surface area contributed by atoms with Crippen LogP contribution in [0, 0.1) is 13.8 Å². The molecule has 0 radical (unpaired) electrons. The van der Waals surface area contributed by atoms with Gasteiger partial charge < -0.3 is 4.90 Å². The van der Waals surface area contributed by atoms with E-state index < -0.39 is 0 Å². The van der Waals surface area contributed by atoms with Gasteiger partial charge in [-0.1, -0.05) is 15.9 Å². The molecular weight excluding hydrogens is 242 g/mol. The van der Waals surface area contributed by atoms with E-state index >= 15 is 0 Å². The minimum atomic E-state index is 0.590. The van der Waals surface area contributed by atoms with Gasteiger partial charge in [-0.05, 0) is 26.3 Å². The number of rotatable bonds is 1. The molecule has 2 rings (SSSR count). The molecule has 0 N–H and O–H groups in total. The Morgan fingerprint density at radius 1 is 1.36 bits per heavy atom. The summed E-state index contributed by atoms with van der Waals surface area (Å²) in [6.07, 6.45) is 1.18. The van der Waals surface area contributed by atoms with Crippen molar-refractivity contribution >= 4 is 21.9 Å². The summed E-state index contributed by atoms with van der Waals surface area (Å²) in [5.41, 5.74) is 2.09. The highest BCUT2D eigenvalue weighted by Crippen LogP contribution is 2.21. The molecule has 0 spiro atoms. The second-order valence-electron chi connectivity index (χ2n) is 3.78. The fraction of sp³-hybridized carbons (Fsp3) is 0.600. The van der Waals surface area contributed by atoms with E-state index in [2.05, 4.69) is 30.8 Å². The van der Waals surface area contributed by atoms with Gasteiger partial charge in [0.1, 0.15) is 0 Å². The topological polar surface area (TPSA) is 29.0 Å². The minimum absolute atomic E-state index is 0.590. The van der Waals surface area contributed by atoms with Crippen LogP contribution < -0.4 is 4.90 Å². The van der Waals surface area contributed by atoms with Crippen molar-refractivity contribution in [2.24, 2.45) is 0 Å². The second-order valence-corrected chi connectivity index (χ2v) is 5.08. The fourth-order valence-electron chi connectivity index (χ4n) is 1.75. The lowest BCUT2D eigenvalue weighted by Crippen LogP contribution is -2.22. The molecule has 0 aliphatic carbocycles. The van der Waals surface area contributed by atoms with Gasteiger partial charge in [-0.25, -0.2) is 9.97 Å². The smallest absolute Gasteiger partial charge is 0.225 e. The zero-order valence-corrected chi connectivity index (χ0v) is 10.1. The zero-order chi connectivity index (χ0) is 10.1. The lowest BCUT2D eigenvalue weighted by Gasteiger charge is -2.15. The summed E-state index contributed by atoms with van der Waals surface area (Å²) >= 11 is 3.62. The van der Waals surface area contributed by atoms with Crippen LogP contribution in [0.2, 0.25) is 0 Å². The predicted octanol–water partition coefficient (Wildman–Crippen LogP) is 2.07. The largest absolute Gasteiger partial charge is 0.340 e. The summed E-state index contributed by atoms with van der Waals surface area (Å²) in [6, 6.07) is 2.01. The summed E-state index contributed by atoms with van der Waals surface area (Å²) in [6.45, 7) is 6.10. The molecule has 1 aromatic heterocycles. The molecule has 1 aromatic rings. The van der Waals surface area contributed by atoms with Crippen LogP contribution in [0.3, 0.4) is 0 Å². The van der Waals surface area contributed by atoms with Crippen molar-refractivity contribution in [3.05, 3.63) is 17.5 Å². The van der Waals surface area contributed by atoms with Gasteiger partial charge >= 0.3 is 0 Å². The van der Waals surface area contributed by atoms with Crippen molar-refractivity contribution in [1.29, 1.82) is 0 Å². The molecule has 0 aromatic carbocycles. The van der Waals surface area contributed by atoms with Crippen LogP contribution in [0.25, 0.3) is 0 Å². The maximum atomic E-state index is 4.44. The number of alkyl halides is 1. The lowest BCUT2D eigenvalue weighted by atomic mass is 10.3. The fourth-order valence-corrected chi connectivity index (χ4v) is 2.30. The monoisotopic (exact) mass is 255 g/mol. The maximum Gasteiger partial charge on any atom is 0.225 e. The SMILES string of the molecule is Cc1cc(C)nc(N2CCC(Br)C2)n1. The van der Waals surface area contributed by atoms with Crippen LogP contribution in [0.1, 0.15) is 17.8 Å². The normalized spacial score (nSPS) is 21.6. The average Bonchev–Trinajstić information content (AvgIpc) is 2.50. The highest BCUT2D eigenvalue weighted by atomic mass is 79.9. The van der Waals surface area contributed by atoms with E-state index in [0.29, 0.717) is 4.83 Å². The Kier molecular flexibility index (Phi) is 2.72. The van der Waals surface area contributed by atoms with Crippen molar-refractivity contribution in [1.82, 2.24) is 9.97 Å². The van der Waals surface area contributed by atoms with E-state index in [9.17, 15) is 0 Å². The van der Waals surface area contributed by atoms with E-state index in [1.165, 1.54) is 6.42 Å². The first-order chi connectivity index (χ1) is 6.65. The van der Waals surface area contributed by atoms with Gasteiger partial charge in [0.25, 0.3) is 0 Å². The van der Waals surface area contributed by atoms with Gasteiger partial charge in [0.2, 0.25) is 5.95 Å². The van der Waals surface area contributed by atoms with E-state index in [-0.39, 0.29) is 0 Å². The number of aryl methyl sites for hydroxylation is 2. The third-order valence-corrected chi connectivity index (χ3v) is 3.13. The van der Waals surface area contributed by atoms with Crippen LogP contribution >= 0.6 is 15.9 Å². The second kappa shape index (κ2) is 3.85. The molecular formula is C10H14BrN3. The summed E-state index contributed by atoms with van der Waals surface area (Å²) in [4.78, 5) is 11.7. The molecule has 14 heavy (non-hydrogen) atoms. The summed E-state index contributed by atoms with van der Waals surface area (Å²) < 4.78 is 0. The number of hydrogen-bond acceptors (Lipinski definition) is 3. The molecule has 0 bridgehead atoms. The molecule has 1 aliphatic rings. The predicted molar refractivity (Wildman–Crippen MR) is 61.1 cm³/mol. The van der Waals surface area contributed by atoms with Crippen LogP contribution in [0.4, 0.5) is 5.95 Å². The summed E-state index contributed by atoms with van der Waals surface area (Å²) in [5.74, 6) is 0.879. The first kappa shape index (κ1) is 9.90. The van der Waals surface area contributed by atoms with Crippen molar-refractivity contribution < 1.29 is 0 Å².